The summed E-state index contributed by atoms with van der Waals surface area (Å²) in [4.78, 5) is 2.04. The summed E-state index contributed by atoms with van der Waals surface area (Å²) in [7, 11) is 1.96. The summed E-state index contributed by atoms with van der Waals surface area (Å²) in [5.74, 6) is 0.103. The first-order valence-corrected chi connectivity index (χ1v) is 6.93. The molecule has 0 amide bonds. The maximum absolute atomic E-state index is 8.94. The minimum Gasteiger partial charge on any atom is -0.409 e. The van der Waals surface area contributed by atoms with Gasteiger partial charge in [0.1, 0.15) is 0 Å². The van der Waals surface area contributed by atoms with Crippen molar-refractivity contribution in [3.05, 3.63) is 64.2 Å². The van der Waals surface area contributed by atoms with Crippen LogP contribution in [0.15, 0.2) is 47.6 Å². The van der Waals surface area contributed by atoms with Crippen molar-refractivity contribution in [3.8, 4) is 0 Å². The van der Waals surface area contributed by atoms with Crippen molar-refractivity contribution in [2.45, 2.75) is 13.5 Å². The average molecular weight is 304 g/mol. The largest absolute Gasteiger partial charge is 0.409 e. The zero-order valence-corrected chi connectivity index (χ0v) is 12.8. The molecule has 0 fully saturated rings. The molecule has 2 aromatic rings. The van der Waals surface area contributed by atoms with Crippen LogP contribution in [0.2, 0.25) is 5.02 Å². The maximum Gasteiger partial charge on any atom is 0.172 e. The number of hydrogen-bond acceptors (Lipinski definition) is 3. The van der Waals surface area contributed by atoms with Gasteiger partial charge in [0, 0.05) is 29.9 Å². The summed E-state index contributed by atoms with van der Waals surface area (Å²) in [6.07, 6.45) is 0. The summed E-state index contributed by atoms with van der Waals surface area (Å²) in [6, 6.07) is 13.6. The number of hydrogen-bond donors (Lipinski definition) is 2. The molecule has 110 valence electrons. The highest BCUT2D eigenvalue weighted by atomic mass is 35.5. The fraction of sp³-hybridized carbons (Fsp3) is 0.188. The molecule has 0 heterocycles. The smallest absolute Gasteiger partial charge is 0.172 e. The molecule has 0 aliphatic carbocycles. The van der Waals surface area contributed by atoms with Gasteiger partial charge >= 0.3 is 0 Å². The molecule has 21 heavy (non-hydrogen) atoms. The second kappa shape index (κ2) is 6.50. The summed E-state index contributed by atoms with van der Waals surface area (Å²) in [5, 5.41) is 12.8. The maximum atomic E-state index is 8.94. The van der Waals surface area contributed by atoms with E-state index >= 15 is 0 Å². The van der Waals surface area contributed by atoms with Gasteiger partial charge in [0.05, 0.1) is 0 Å². The zero-order chi connectivity index (χ0) is 15.4. The molecule has 0 saturated heterocycles. The zero-order valence-electron chi connectivity index (χ0n) is 12.0. The fourth-order valence-corrected chi connectivity index (χ4v) is 2.45. The quantitative estimate of drug-likeness (QED) is 0.394. The summed E-state index contributed by atoms with van der Waals surface area (Å²) in [5.41, 5.74) is 9.53. The number of aryl methyl sites for hydroxylation is 1. The molecule has 0 spiro atoms. The first-order chi connectivity index (χ1) is 10.0. The van der Waals surface area contributed by atoms with Crippen molar-refractivity contribution in [2.75, 3.05) is 11.9 Å². The molecule has 0 atom stereocenters. The van der Waals surface area contributed by atoms with Gasteiger partial charge in [-0.1, -0.05) is 40.5 Å². The van der Waals surface area contributed by atoms with E-state index in [1.54, 1.807) is 0 Å². The Bertz CT molecular complexity index is 670. The Morgan fingerprint density at radius 2 is 2.05 bits per heavy atom. The van der Waals surface area contributed by atoms with Crippen molar-refractivity contribution in [3.63, 3.8) is 0 Å². The lowest BCUT2D eigenvalue weighted by atomic mass is 10.1. The molecule has 2 rings (SSSR count). The van der Waals surface area contributed by atoms with Crippen LogP contribution in [0.1, 0.15) is 16.7 Å². The van der Waals surface area contributed by atoms with Crippen molar-refractivity contribution < 1.29 is 5.21 Å². The minimum absolute atomic E-state index is 0.103. The highest BCUT2D eigenvalue weighted by Gasteiger charge is 2.12. The van der Waals surface area contributed by atoms with Crippen LogP contribution < -0.4 is 10.6 Å². The van der Waals surface area contributed by atoms with Crippen LogP contribution >= 0.6 is 11.6 Å². The number of halogens is 1. The Morgan fingerprint density at radius 3 is 2.71 bits per heavy atom. The Kier molecular flexibility index (Phi) is 4.70. The molecule has 0 aliphatic heterocycles. The van der Waals surface area contributed by atoms with Crippen LogP contribution in [-0.4, -0.2) is 18.1 Å². The van der Waals surface area contributed by atoms with Gasteiger partial charge in [0.15, 0.2) is 5.84 Å². The van der Waals surface area contributed by atoms with Crippen molar-refractivity contribution >= 4 is 23.1 Å². The van der Waals surface area contributed by atoms with Crippen LogP contribution in [0, 0.1) is 6.92 Å². The highest BCUT2D eigenvalue weighted by Crippen LogP contribution is 2.23. The molecule has 0 aromatic heterocycles. The molecule has 5 heteroatoms. The molecule has 0 aliphatic rings. The van der Waals surface area contributed by atoms with Gasteiger partial charge in [-0.3, -0.25) is 0 Å². The van der Waals surface area contributed by atoms with Gasteiger partial charge in [-0.05, 0) is 36.8 Å². The fourth-order valence-electron chi connectivity index (χ4n) is 2.24. The SMILES string of the molecule is Cc1ccc(N(C)Cc2cccc(Cl)c2)c(/C(N)=N/O)c1. The van der Waals surface area contributed by atoms with E-state index in [1.165, 1.54) is 0 Å². The van der Waals surface area contributed by atoms with Gasteiger partial charge in [-0.25, -0.2) is 0 Å². The van der Waals surface area contributed by atoms with Gasteiger partial charge < -0.3 is 15.8 Å². The van der Waals surface area contributed by atoms with Crippen molar-refractivity contribution in [2.24, 2.45) is 10.9 Å². The van der Waals surface area contributed by atoms with E-state index in [0.717, 1.165) is 16.8 Å². The van der Waals surface area contributed by atoms with E-state index < -0.39 is 0 Å². The van der Waals surface area contributed by atoms with Crippen LogP contribution in [0.25, 0.3) is 0 Å². The first-order valence-electron chi connectivity index (χ1n) is 6.55. The second-order valence-corrected chi connectivity index (χ2v) is 5.43. The number of oxime groups is 1. The van der Waals surface area contributed by atoms with E-state index in [1.807, 2.05) is 61.3 Å². The van der Waals surface area contributed by atoms with E-state index in [9.17, 15) is 0 Å². The molecular formula is C16H18ClN3O. The normalized spacial score (nSPS) is 11.5. The lowest BCUT2D eigenvalue weighted by Crippen LogP contribution is -2.22. The van der Waals surface area contributed by atoms with Gasteiger partial charge in [-0.2, -0.15) is 0 Å². The molecule has 0 saturated carbocycles. The lowest BCUT2D eigenvalue weighted by Gasteiger charge is -2.22. The molecule has 0 unspecified atom stereocenters. The molecule has 0 radical (unpaired) electrons. The monoisotopic (exact) mass is 303 g/mol. The van der Waals surface area contributed by atoms with E-state index in [-0.39, 0.29) is 5.84 Å². The summed E-state index contributed by atoms with van der Waals surface area (Å²) < 4.78 is 0. The summed E-state index contributed by atoms with van der Waals surface area (Å²) in [6.45, 7) is 2.64. The Hall–Kier alpha value is -2.20. The third kappa shape index (κ3) is 3.67. The van der Waals surface area contributed by atoms with Crippen LogP contribution in [0.4, 0.5) is 5.69 Å². The molecule has 3 N–H and O–H groups in total. The number of nitrogens with zero attached hydrogens (tertiary/aromatic N) is 2. The topological polar surface area (TPSA) is 61.8 Å². The van der Waals surface area contributed by atoms with E-state index in [4.69, 9.17) is 22.5 Å². The molecule has 4 nitrogen and oxygen atoms in total. The van der Waals surface area contributed by atoms with Gasteiger partial charge in [0.2, 0.25) is 0 Å². The Labute approximate surface area is 129 Å². The Morgan fingerprint density at radius 1 is 1.29 bits per heavy atom. The predicted molar refractivity (Wildman–Crippen MR) is 87.2 cm³/mol. The first kappa shape index (κ1) is 15.2. The number of amidine groups is 1. The predicted octanol–water partition coefficient (Wildman–Crippen LogP) is 3.38. The third-order valence-electron chi connectivity index (χ3n) is 3.26. The average Bonchev–Trinajstić information content (AvgIpc) is 2.46. The molecular weight excluding hydrogens is 286 g/mol. The number of nitrogens with two attached hydrogens (primary N) is 1. The van der Waals surface area contributed by atoms with Gasteiger partial charge in [0.25, 0.3) is 0 Å². The highest BCUT2D eigenvalue weighted by molar-refractivity contribution is 6.30. The van der Waals surface area contributed by atoms with Crippen LogP contribution in [0.3, 0.4) is 0 Å². The minimum atomic E-state index is 0.103. The lowest BCUT2D eigenvalue weighted by molar-refractivity contribution is 0.318. The third-order valence-corrected chi connectivity index (χ3v) is 3.49. The molecule has 2 aromatic carbocycles. The van der Waals surface area contributed by atoms with Crippen LogP contribution in [0.5, 0.6) is 0 Å². The number of benzene rings is 2. The van der Waals surface area contributed by atoms with Crippen molar-refractivity contribution in [1.29, 1.82) is 0 Å². The van der Waals surface area contributed by atoms with Crippen LogP contribution in [-0.2, 0) is 6.54 Å². The van der Waals surface area contributed by atoms with Gasteiger partial charge in [-0.15, -0.1) is 0 Å². The standard InChI is InChI=1S/C16H18ClN3O/c1-11-6-7-15(14(8-11)16(18)19-21)20(2)10-12-4-3-5-13(17)9-12/h3-9,21H,10H2,1-2H3,(H2,18,19). The van der Waals surface area contributed by atoms with E-state index in [2.05, 4.69) is 5.16 Å². The van der Waals surface area contributed by atoms with Crippen molar-refractivity contribution in [1.82, 2.24) is 0 Å². The summed E-state index contributed by atoms with van der Waals surface area (Å²) >= 11 is 6.01. The number of rotatable bonds is 4. The number of anilines is 1. The second-order valence-electron chi connectivity index (χ2n) is 4.99. The molecule has 0 bridgehead atoms. The van der Waals surface area contributed by atoms with E-state index in [0.29, 0.717) is 17.1 Å². The Balaban J connectivity index is 2.33.